The van der Waals surface area contributed by atoms with E-state index in [0.29, 0.717) is 6.42 Å². The SMILES string of the molecule is CCCC(C)(N)C(=O)Nc1ccc2c3c(cccc13)CC2.Cl. The van der Waals surface area contributed by atoms with Crippen LogP contribution in [0.4, 0.5) is 5.69 Å². The minimum atomic E-state index is -0.822. The summed E-state index contributed by atoms with van der Waals surface area (Å²) in [5.41, 5.74) is 8.93. The molecule has 3 rings (SSSR count). The van der Waals surface area contributed by atoms with E-state index in [9.17, 15) is 4.79 Å². The van der Waals surface area contributed by atoms with E-state index in [4.69, 9.17) is 5.73 Å². The second kappa shape index (κ2) is 6.27. The highest BCUT2D eigenvalue weighted by molar-refractivity contribution is 6.07. The summed E-state index contributed by atoms with van der Waals surface area (Å²) in [4.78, 5) is 12.4. The molecule has 0 spiro atoms. The minimum absolute atomic E-state index is 0. The fourth-order valence-electron chi connectivity index (χ4n) is 3.25. The minimum Gasteiger partial charge on any atom is -0.324 e. The molecule has 2 aromatic rings. The number of rotatable bonds is 4. The molecular formula is C18H23ClN2O. The van der Waals surface area contributed by atoms with Crippen molar-refractivity contribution >= 4 is 34.8 Å². The van der Waals surface area contributed by atoms with Crippen LogP contribution in [0, 0.1) is 0 Å². The van der Waals surface area contributed by atoms with E-state index in [0.717, 1.165) is 30.3 Å². The van der Waals surface area contributed by atoms with Gasteiger partial charge in [0.15, 0.2) is 0 Å². The molecule has 0 heterocycles. The van der Waals surface area contributed by atoms with Gasteiger partial charge in [-0.25, -0.2) is 0 Å². The maximum atomic E-state index is 12.4. The number of hydrogen-bond donors (Lipinski definition) is 2. The molecule has 3 N–H and O–H groups in total. The van der Waals surface area contributed by atoms with E-state index in [1.165, 1.54) is 16.5 Å². The summed E-state index contributed by atoms with van der Waals surface area (Å²) >= 11 is 0. The van der Waals surface area contributed by atoms with Crippen molar-refractivity contribution in [3.8, 4) is 0 Å². The van der Waals surface area contributed by atoms with Gasteiger partial charge in [-0.15, -0.1) is 12.4 Å². The largest absolute Gasteiger partial charge is 0.324 e. The number of halogens is 1. The summed E-state index contributed by atoms with van der Waals surface area (Å²) in [5, 5.41) is 5.47. The van der Waals surface area contributed by atoms with E-state index in [1.54, 1.807) is 6.92 Å². The maximum absolute atomic E-state index is 12.4. The van der Waals surface area contributed by atoms with Gasteiger partial charge in [-0.05, 0) is 48.8 Å². The van der Waals surface area contributed by atoms with Gasteiger partial charge in [-0.1, -0.05) is 37.6 Å². The van der Waals surface area contributed by atoms with Crippen LogP contribution >= 0.6 is 12.4 Å². The number of hydrogen-bond acceptors (Lipinski definition) is 2. The predicted octanol–water partition coefficient (Wildman–Crippen LogP) is 3.82. The molecule has 0 saturated carbocycles. The molecule has 0 fully saturated rings. The zero-order valence-corrected chi connectivity index (χ0v) is 13.9. The van der Waals surface area contributed by atoms with Crippen LogP contribution in [0.2, 0.25) is 0 Å². The molecule has 1 amide bonds. The first-order chi connectivity index (χ1) is 10.0. The van der Waals surface area contributed by atoms with Crippen molar-refractivity contribution < 1.29 is 4.79 Å². The van der Waals surface area contributed by atoms with Crippen LogP contribution in [0.25, 0.3) is 10.8 Å². The molecule has 2 aromatic carbocycles. The fourth-order valence-corrected chi connectivity index (χ4v) is 3.25. The molecule has 22 heavy (non-hydrogen) atoms. The quantitative estimate of drug-likeness (QED) is 0.900. The Kier molecular flexibility index (Phi) is 4.78. The monoisotopic (exact) mass is 318 g/mol. The van der Waals surface area contributed by atoms with Crippen molar-refractivity contribution in [2.45, 2.75) is 45.1 Å². The number of anilines is 1. The third kappa shape index (κ3) is 2.83. The maximum Gasteiger partial charge on any atom is 0.244 e. The van der Waals surface area contributed by atoms with Gasteiger partial charge in [0.2, 0.25) is 5.91 Å². The molecule has 1 aliphatic rings. The smallest absolute Gasteiger partial charge is 0.244 e. The highest BCUT2D eigenvalue weighted by Gasteiger charge is 2.28. The zero-order valence-electron chi connectivity index (χ0n) is 13.1. The molecule has 118 valence electrons. The van der Waals surface area contributed by atoms with E-state index in [-0.39, 0.29) is 18.3 Å². The Hall–Kier alpha value is -1.58. The van der Waals surface area contributed by atoms with Crippen LogP contribution in [-0.4, -0.2) is 11.4 Å². The van der Waals surface area contributed by atoms with Gasteiger partial charge < -0.3 is 11.1 Å². The van der Waals surface area contributed by atoms with Crippen molar-refractivity contribution in [3.63, 3.8) is 0 Å². The Morgan fingerprint density at radius 1 is 1.23 bits per heavy atom. The third-order valence-corrected chi connectivity index (χ3v) is 4.41. The fraction of sp³-hybridized carbons (Fsp3) is 0.389. The van der Waals surface area contributed by atoms with E-state index >= 15 is 0 Å². The number of benzene rings is 2. The molecule has 4 heteroatoms. The summed E-state index contributed by atoms with van der Waals surface area (Å²) in [7, 11) is 0. The van der Waals surface area contributed by atoms with Crippen molar-refractivity contribution in [2.75, 3.05) is 5.32 Å². The average Bonchev–Trinajstić information content (AvgIpc) is 2.87. The van der Waals surface area contributed by atoms with Gasteiger partial charge in [0.1, 0.15) is 0 Å². The number of nitrogens with two attached hydrogens (primary N) is 1. The molecule has 0 radical (unpaired) electrons. The first-order valence-electron chi connectivity index (χ1n) is 7.67. The highest BCUT2D eigenvalue weighted by Crippen LogP contribution is 2.35. The van der Waals surface area contributed by atoms with Gasteiger partial charge in [0.05, 0.1) is 5.54 Å². The van der Waals surface area contributed by atoms with Crippen molar-refractivity contribution in [3.05, 3.63) is 41.5 Å². The first kappa shape index (κ1) is 16.8. The summed E-state index contributed by atoms with van der Waals surface area (Å²) in [6.45, 7) is 3.84. The van der Waals surface area contributed by atoms with Crippen LogP contribution in [0.15, 0.2) is 30.3 Å². The van der Waals surface area contributed by atoms with Gasteiger partial charge in [-0.2, -0.15) is 0 Å². The normalized spacial score (nSPS) is 15.2. The number of carbonyl (C=O) groups excluding carboxylic acids is 1. The van der Waals surface area contributed by atoms with Gasteiger partial charge >= 0.3 is 0 Å². The Labute approximate surface area is 137 Å². The predicted molar refractivity (Wildman–Crippen MR) is 94.7 cm³/mol. The molecule has 0 bridgehead atoms. The standard InChI is InChI=1S/C18H22N2O.ClH/c1-3-11-18(2,19)17(21)20-15-10-9-13-8-7-12-5-4-6-14(15)16(12)13;/h4-6,9-10H,3,7-8,11,19H2,1-2H3,(H,20,21);1H. The molecule has 0 saturated heterocycles. The number of carbonyl (C=O) groups is 1. The van der Waals surface area contributed by atoms with E-state index in [2.05, 4.69) is 29.6 Å². The molecule has 3 nitrogen and oxygen atoms in total. The number of aryl methyl sites for hydroxylation is 2. The second-order valence-corrected chi connectivity index (χ2v) is 6.23. The lowest BCUT2D eigenvalue weighted by molar-refractivity contribution is -0.120. The lowest BCUT2D eigenvalue weighted by Gasteiger charge is -2.23. The molecule has 0 aromatic heterocycles. The van der Waals surface area contributed by atoms with Crippen molar-refractivity contribution in [1.82, 2.24) is 0 Å². The van der Waals surface area contributed by atoms with E-state index in [1.807, 2.05) is 13.0 Å². The van der Waals surface area contributed by atoms with Crippen LogP contribution in [-0.2, 0) is 17.6 Å². The molecular weight excluding hydrogens is 296 g/mol. The summed E-state index contributed by atoms with van der Waals surface area (Å²) in [6.07, 6.45) is 3.76. The Balaban J connectivity index is 0.00000176. The van der Waals surface area contributed by atoms with Gasteiger partial charge in [0, 0.05) is 11.1 Å². The van der Waals surface area contributed by atoms with Crippen LogP contribution in [0.1, 0.15) is 37.8 Å². The first-order valence-corrected chi connectivity index (χ1v) is 7.67. The number of amides is 1. The molecule has 0 aliphatic heterocycles. The highest BCUT2D eigenvalue weighted by atomic mass is 35.5. The zero-order chi connectivity index (χ0) is 15.0. The Bertz CT molecular complexity index is 699. The van der Waals surface area contributed by atoms with Crippen LogP contribution < -0.4 is 11.1 Å². The van der Waals surface area contributed by atoms with E-state index < -0.39 is 5.54 Å². The lowest BCUT2D eigenvalue weighted by Crippen LogP contribution is -2.48. The van der Waals surface area contributed by atoms with Crippen LogP contribution in [0.3, 0.4) is 0 Å². The Morgan fingerprint density at radius 2 is 1.91 bits per heavy atom. The van der Waals surface area contributed by atoms with Gasteiger partial charge in [0.25, 0.3) is 0 Å². The Morgan fingerprint density at radius 3 is 2.59 bits per heavy atom. The summed E-state index contributed by atoms with van der Waals surface area (Å²) in [6, 6.07) is 10.5. The second-order valence-electron chi connectivity index (χ2n) is 6.23. The topological polar surface area (TPSA) is 55.1 Å². The van der Waals surface area contributed by atoms with Crippen LogP contribution in [0.5, 0.6) is 0 Å². The summed E-state index contributed by atoms with van der Waals surface area (Å²) < 4.78 is 0. The molecule has 1 atom stereocenters. The third-order valence-electron chi connectivity index (χ3n) is 4.41. The van der Waals surface area contributed by atoms with Crippen molar-refractivity contribution in [2.24, 2.45) is 5.73 Å². The number of nitrogens with one attached hydrogen (secondary N) is 1. The molecule has 1 aliphatic carbocycles. The summed E-state index contributed by atoms with van der Waals surface area (Å²) in [5.74, 6) is -0.108. The van der Waals surface area contributed by atoms with Crippen molar-refractivity contribution in [1.29, 1.82) is 0 Å². The molecule has 1 unspecified atom stereocenters. The lowest BCUT2D eigenvalue weighted by atomic mass is 9.96. The average molecular weight is 319 g/mol. The van der Waals surface area contributed by atoms with Gasteiger partial charge in [-0.3, -0.25) is 4.79 Å².